The Bertz CT molecular complexity index is 520. The molecule has 0 bridgehead atoms. The summed E-state index contributed by atoms with van der Waals surface area (Å²) in [6.07, 6.45) is -4.53. The largest absolute Gasteiger partial charge is 0.452 e. The first-order valence-corrected chi connectivity index (χ1v) is 5.62. The van der Waals surface area contributed by atoms with Gasteiger partial charge < -0.3 is 15.8 Å². The molecule has 3 N–H and O–H groups in total. The van der Waals surface area contributed by atoms with Crippen LogP contribution in [0.15, 0.2) is 18.2 Å². The second kappa shape index (κ2) is 6.47. The van der Waals surface area contributed by atoms with Gasteiger partial charge in [0.25, 0.3) is 5.91 Å². The number of esters is 1. The molecule has 0 atom stereocenters. The maximum atomic E-state index is 11.8. The lowest BCUT2D eigenvalue weighted by Gasteiger charge is -2.09. The minimum Gasteiger partial charge on any atom is -0.452 e. The smallest absolute Gasteiger partial charge is 0.405 e. The Morgan fingerprint density at radius 3 is 2.55 bits per heavy atom. The van der Waals surface area contributed by atoms with Gasteiger partial charge in [-0.1, -0.05) is 11.6 Å². The molecule has 0 aliphatic carbocycles. The normalized spacial score (nSPS) is 11.0. The zero-order valence-corrected chi connectivity index (χ0v) is 10.7. The fourth-order valence-electron chi connectivity index (χ4n) is 1.18. The van der Waals surface area contributed by atoms with Crippen LogP contribution < -0.4 is 11.1 Å². The molecule has 0 aliphatic rings. The Labute approximate surface area is 116 Å². The summed E-state index contributed by atoms with van der Waals surface area (Å²) in [5, 5.41) is 1.87. The molecule has 0 fully saturated rings. The Hall–Kier alpha value is -1.96. The SMILES string of the molecule is Nc1cc(Cl)ccc1C(=O)OCC(=O)NCC(F)(F)F. The minimum atomic E-state index is -4.53. The predicted molar refractivity (Wildman–Crippen MR) is 65.2 cm³/mol. The van der Waals surface area contributed by atoms with Crippen LogP contribution in [-0.2, 0) is 9.53 Å². The molecule has 1 aromatic rings. The quantitative estimate of drug-likeness (QED) is 0.656. The molecule has 0 heterocycles. The number of ether oxygens (including phenoxy) is 1. The molecule has 20 heavy (non-hydrogen) atoms. The van der Waals surface area contributed by atoms with Crippen molar-refractivity contribution in [2.75, 3.05) is 18.9 Å². The predicted octanol–water partition coefficient (Wildman–Crippen LogP) is 1.76. The number of nitrogens with one attached hydrogen (secondary N) is 1. The summed E-state index contributed by atoms with van der Waals surface area (Å²) in [5.74, 6) is -2.00. The van der Waals surface area contributed by atoms with Crippen molar-refractivity contribution < 1.29 is 27.5 Å². The van der Waals surface area contributed by atoms with E-state index in [1.807, 2.05) is 0 Å². The van der Waals surface area contributed by atoms with E-state index in [1.165, 1.54) is 18.2 Å². The number of nitrogen functional groups attached to an aromatic ring is 1. The van der Waals surface area contributed by atoms with Gasteiger partial charge in [-0.2, -0.15) is 13.2 Å². The van der Waals surface area contributed by atoms with E-state index < -0.39 is 31.2 Å². The number of carbonyl (C=O) groups excluding carboxylic acids is 2. The molecule has 0 unspecified atom stereocenters. The van der Waals surface area contributed by atoms with Crippen LogP contribution in [0.4, 0.5) is 18.9 Å². The average Bonchev–Trinajstić information content (AvgIpc) is 2.32. The van der Waals surface area contributed by atoms with Crippen molar-refractivity contribution in [2.24, 2.45) is 0 Å². The van der Waals surface area contributed by atoms with Crippen LogP contribution in [0.5, 0.6) is 0 Å². The van der Waals surface area contributed by atoms with E-state index in [2.05, 4.69) is 4.74 Å². The number of nitrogens with two attached hydrogens (primary N) is 1. The highest BCUT2D eigenvalue weighted by Gasteiger charge is 2.27. The third-order valence-corrected chi connectivity index (χ3v) is 2.29. The van der Waals surface area contributed by atoms with E-state index >= 15 is 0 Å². The van der Waals surface area contributed by atoms with Gasteiger partial charge in [0, 0.05) is 10.7 Å². The van der Waals surface area contributed by atoms with Crippen LogP contribution >= 0.6 is 11.6 Å². The first-order chi connectivity index (χ1) is 9.19. The molecular weight excluding hydrogens is 301 g/mol. The van der Waals surface area contributed by atoms with Crippen molar-refractivity contribution in [3.63, 3.8) is 0 Å². The Morgan fingerprint density at radius 1 is 1.35 bits per heavy atom. The van der Waals surface area contributed by atoms with Crippen LogP contribution in [0.25, 0.3) is 0 Å². The van der Waals surface area contributed by atoms with Crippen LogP contribution in [0.1, 0.15) is 10.4 Å². The highest BCUT2D eigenvalue weighted by molar-refractivity contribution is 6.31. The number of alkyl halides is 3. The molecule has 9 heteroatoms. The summed E-state index contributed by atoms with van der Waals surface area (Å²) in [7, 11) is 0. The third-order valence-electron chi connectivity index (χ3n) is 2.05. The maximum Gasteiger partial charge on any atom is 0.405 e. The maximum absolute atomic E-state index is 11.8. The van der Waals surface area contributed by atoms with Gasteiger partial charge in [-0.05, 0) is 18.2 Å². The number of hydrogen-bond acceptors (Lipinski definition) is 4. The summed E-state index contributed by atoms with van der Waals surface area (Å²) in [4.78, 5) is 22.6. The summed E-state index contributed by atoms with van der Waals surface area (Å²) in [6.45, 7) is -2.33. The molecule has 0 aliphatic heterocycles. The Balaban J connectivity index is 2.49. The summed E-state index contributed by atoms with van der Waals surface area (Å²) < 4.78 is 40.0. The molecule has 5 nitrogen and oxygen atoms in total. The zero-order valence-electron chi connectivity index (χ0n) is 9.96. The van der Waals surface area contributed by atoms with E-state index in [0.29, 0.717) is 5.02 Å². The topological polar surface area (TPSA) is 81.4 Å². The number of carbonyl (C=O) groups is 2. The van der Waals surface area contributed by atoms with Crippen molar-refractivity contribution in [3.8, 4) is 0 Å². The number of halogens is 4. The molecule has 0 spiro atoms. The molecule has 0 aromatic heterocycles. The minimum absolute atomic E-state index is 0.0296. The summed E-state index contributed by atoms with van der Waals surface area (Å²) in [5.41, 5.74) is 5.52. The second-order valence-corrected chi connectivity index (χ2v) is 4.14. The number of rotatable bonds is 4. The van der Waals surface area contributed by atoms with Crippen molar-refractivity contribution in [1.82, 2.24) is 5.32 Å². The number of hydrogen-bond donors (Lipinski definition) is 2. The second-order valence-electron chi connectivity index (χ2n) is 3.70. The van der Waals surface area contributed by atoms with E-state index in [0.717, 1.165) is 0 Å². The van der Waals surface area contributed by atoms with Gasteiger partial charge in [0.05, 0.1) is 5.56 Å². The van der Waals surface area contributed by atoms with Crippen molar-refractivity contribution in [3.05, 3.63) is 28.8 Å². The van der Waals surface area contributed by atoms with Crippen LogP contribution in [-0.4, -0.2) is 31.2 Å². The highest BCUT2D eigenvalue weighted by Crippen LogP contribution is 2.18. The first kappa shape index (κ1) is 16.1. The Kier molecular flexibility index (Phi) is 5.20. The molecule has 0 saturated carbocycles. The van der Waals surface area contributed by atoms with E-state index in [4.69, 9.17) is 17.3 Å². The lowest BCUT2D eigenvalue weighted by Crippen LogP contribution is -2.36. The van der Waals surface area contributed by atoms with Gasteiger partial charge >= 0.3 is 12.1 Å². The van der Waals surface area contributed by atoms with Crippen molar-refractivity contribution >= 4 is 29.2 Å². The molecule has 1 aromatic carbocycles. The summed E-state index contributed by atoms with van der Waals surface area (Å²) >= 11 is 5.63. The lowest BCUT2D eigenvalue weighted by molar-refractivity contribution is -0.140. The molecule has 1 amide bonds. The third kappa shape index (κ3) is 5.35. The van der Waals surface area contributed by atoms with E-state index in [9.17, 15) is 22.8 Å². The highest BCUT2D eigenvalue weighted by atomic mass is 35.5. The van der Waals surface area contributed by atoms with Crippen LogP contribution in [0, 0.1) is 0 Å². The molecule has 0 saturated heterocycles. The van der Waals surface area contributed by atoms with Gasteiger partial charge in [0.1, 0.15) is 6.54 Å². The van der Waals surface area contributed by atoms with Crippen molar-refractivity contribution in [1.29, 1.82) is 0 Å². The van der Waals surface area contributed by atoms with E-state index in [-0.39, 0.29) is 11.3 Å². The van der Waals surface area contributed by atoms with Gasteiger partial charge in [0.2, 0.25) is 0 Å². The lowest BCUT2D eigenvalue weighted by atomic mass is 10.2. The number of anilines is 1. The standard InChI is InChI=1S/C11H10ClF3N2O3/c12-6-1-2-7(8(16)3-6)10(19)20-4-9(18)17-5-11(13,14)15/h1-3H,4-5,16H2,(H,17,18). The van der Waals surface area contributed by atoms with Gasteiger partial charge in [-0.15, -0.1) is 0 Å². The Morgan fingerprint density at radius 2 is 2.00 bits per heavy atom. The molecule has 1 rings (SSSR count). The van der Waals surface area contributed by atoms with Gasteiger partial charge in [-0.25, -0.2) is 4.79 Å². The average molecular weight is 311 g/mol. The zero-order chi connectivity index (χ0) is 15.3. The fourth-order valence-corrected chi connectivity index (χ4v) is 1.36. The first-order valence-electron chi connectivity index (χ1n) is 5.24. The summed E-state index contributed by atoms with van der Waals surface area (Å²) in [6, 6.07) is 3.98. The fraction of sp³-hybridized carbons (Fsp3) is 0.273. The number of benzene rings is 1. The molecular formula is C11H10ClF3N2O3. The van der Waals surface area contributed by atoms with E-state index in [1.54, 1.807) is 5.32 Å². The van der Waals surface area contributed by atoms with Crippen LogP contribution in [0.3, 0.4) is 0 Å². The molecule has 110 valence electrons. The van der Waals surface area contributed by atoms with Crippen molar-refractivity contribution in [2.45, 2.75) is 6.18 Å². The van der Waals surface area contributed by atoms with Crippen LogP contribution in [0.2, 0.25) is 5.02 Å². The number of amides is 1. The van der Waals surface area contributed by atoms with Gasteiger partial charge in [0.15, 0.2) is 6.61 Å². The molecule has 0 radical (unpaired) electrons. The van der Waals surface area contributed by atoms with Gasteiger partial charge in [-0.3, -0.25) is 4.79 Å². The monoisotopic (exact) mass is 310 g/mol.